The van der Waals surface area contributed by atoms with Crippen molar-refractivity contribution in [3.63, 3.8) is 0 Å². The molecule has 0 aliphatic rings. The van der Waals surface area contributed by atoms with E-state index in [0.29, 0.717) is 5.56 Å². The van der Waals surface area contributed by atoms with Gasteiger partial charge in [0.05, 0.1) is 23.0 Å². The van der Waals surface area contributed by atoms with Crippen LogP contribution in [0.4, 0.5) is 10.1 Å². The number of carbonyl (C=O) groups is 2. The molecule has 2 N–H and O–H groups in total. The maximum absolute atomic E-state index is 13.8. The second-order valence-electron chi connectivity index (χ2n) is 4.16. The van der Waals surface area contributed by atoms with Crippen molar-refractivity contribution in [2.75, 3.05) is 5.32 Å². The number of pyridine rings is 1. The van der Waals surface area contributed by atoms with Gasteiger partial charge < -0.3 is 10.4 Å². The lowest BCUT2D eigenvalue weighted by Crippen LogP contribution is -2.15. The molecule has 0 bridgehead atoms. The van der Waals surface area contributed by atoms with Crippen LogP contribution in [-0.4, -0.2) is 22.0 Å². The van der Waals surface area contributed by atoms with Crippen LogP contribution in [0.5, 0.6) is 0 Å². The van der Waals surface area contributed by atoms with Crippen LogP contribution in [0, 0.1) is 12.7 Å². The van der Waals surface area contributed by atoms with Crippen molar-refractivity contribution in [1.82, 2.24) is 4.98 Å². The second kappa shape index (κ2) is 5.48. The minimum Gasteiger partial charge on any atom is -0.478 e. The van der Waals surface area contributed by atoms with E-state index in [1.165, 1.54) is 18.3 Å². The zero-order valence-corrected chi connectivity index (χ0v) is 10.6. The van der Waals surface area contributed by atoms with Crippen LogP contribution in [0.3, 0.4) is 0 Å². The fourth-order valence-electron chi connectivity index (χ4n) is 1.65. The number of aromatic nitrogens is 1. The van der Waals surface area contributed by atoms with Crippen molar-refractivity contribution < 1.29 is 19.1 Å². The van der Waals surface area contributed by atoms with E-state index in [9.17, 15) is 14.0 Å². The van der Waals surface area contributed by atoms with E-state index in [1.54, 1.807) is 19.1 Å². The molecule has 0 aliphatic carbocycles. The van der Waals surface area contributed by atoms with Gasteiger partial charge in [-0.05, 0) is 24.6 Å². The van der Waals surface area contributed by atoms with E-state index in [4.69, 9.17) is 5.11 Å². The molecule has 20 heavy (non-hydrogen) atoms. The summed E-state index contributed by atoms with van der Waals surface area (Å²) in [5, 5.41) is 11.2. The van der Waals surface area contributed by atoms with E-state index < -0.39 is 17.7 Å². The lowest BCUT2D eigenvalue weighted by molar-refractivity contribution is 0.0696. The summed E-state index contributed by atoms with van der Waals surface area (Å²) >= 11 is 0. The molecule has 0 saturated carbocycles. The monoisotopic (exact) mass is 274 g/mol. The van der Waals surface area contributed by atoms with Crippen LogP contribution in [-0.2, 0) is 0 Å². The van der Waals surface area contributed by atoms with Crippen molar-refractivity contribution in [3.05, 3.63) is 59.2 Å². The van der Waals surface area contributed by atoms with Crippen molar-refractivity contribution in [1.29, 1.82) is 0 Å². The molecule has 0 spiro atoms. The Bertz CT molecular complexity index is 686. The number of nitrogens with zero attached hydrogens (tertiary/aromatic N) is 1. The molecule has 0 fully saturated rings. The quantitative estimate of drug-likeness (QED) is 0.901. The van der Waals surface area contributed by atoms with Gasteiger partial charge in [0.1, 0.15) is 5.82 Å². The molecule has 102 valence electrons. The lowest BCUT2D eigenvalue weighted by atomic mass is 10.1. The van der Waals surface area contributed by atoms with Gasteiger partial charge in [-0.15, -0.1) is 0 Å². The maximum atomic E-state index is 13.8. The summed E-state index contributed by atoms with van der Waals surface area (Å²) in [7, 11) is 0. The van der Waals surface area contributed by atoms with E-state index >= 15 is 0 Å². The maximum Gasteiger partial charge on any atom is 0.337 e. The number of amides is 1. The molecule has 0 radical (unpaired) electrons. The van der Waals surface area contributed by atoms with Gasteiger partial charge >= 0.3 is 5.97 Å². The Balaban J connectivity index is 2.26. The number of carboxylic acids is 1. The van der Waals surface area contributed by atoms with Crippen LogP contribution in [0.1, 0.15) is 26.3 Å². The first kappa shape index (κ1) is 13.7. The van der Waals surface area contributed by atoms with Crippen LogP contribution < -0.4 is 5.32 Å². The van der Waals surface area contributed by atoms with Crippen molar-refractivity contribution in [2.24, 2.45) is 0 Å². The smallest absolute Gasteiger partial charge is 0.337 e. The zero-order chi connectivity index (χ0) is 14.7. The van der Waals surface area contributed by atoms with E-state index in [0.717, 1.165) is 6.20 Å². The van der Waals surface area contributed by atoms with Crippen LogP contribution in [0.25, 0.3) is 0 Å². The number of anilines is 1. The van der Waals surface area contributed by atoms with Crippen LogP contribution in [0.15, 0.2) is 36.7 Å². The zero-order valence-electron chi connectivity index (χ0n) is 10.6. The lowest BCUT2D eigenvalue weighted by Gasteiger charge is -2.07. The SMILES string of the molecule is Cc1cccc(C(=O)Nc2cncc(C(=O)O)c2)c1F. The fraction of sp³-hybridized carbons (Fsp3) is 0.0714. The molecule has 0 aliphatic heterocycles. The molecule has 6 heteroatoms. The molecule has 1 heterocycles. The largest absolute Gasteiger partial charge is 0.478 e. The summed E-state index contributed by atoms with van der Waals surface area (Å²) in [5.41, 5.74) is 0.379. The van der Waals surface area contributed by atoms with Gasteiger partial charge in [-0.3, -0.25) is 9.78 Å². The first-order valence-corrected chi connectivity index (χ1v) is 5.74. The third-order valence-corrected chi connectivity index (χ3v) is 2.68. The summed E-state index contributed by atoms with van der Waals surface area (Å²) in [6, 6.07) is 5.73. The normalized spacial score (nSPS) is 10.1. The summed E-state index contributed by atoms with van der Waals surface area (Å²) in [5.74, 6) is -2.42. The number of halogens is 1. The summed E-state index contributed by atoms with van der Waals surface area (Å²) in [6.45, 7) is 1.55. The topological polar surface area (TPSA) is 79.3 Å². The summed E-state index contributed by atoms with van der Waals surface area (Å²) < 4.78 is 13.8. The van der Waals surface area contributed by atoms with Crippen molar-refractivity contribution >= 4 is 17.6 Å². The highest BCUT2D eigenvalue weighted by molar-refractivity contribution is 6.05. The Hall–Kier alpha value is -2.76. The first-order valence-electron chi connectivity index (χ1n) is 5.74. The molecule has 0 unspecified atom stereocenters. The van der Waals surface area contributed by atoms with Gasteiger partial charge in [0.25, 0.3) is 5.91 Å². The number of rotatable bonds is 3. The average molecular weight is 274 g/mol. The number of aryl methyl sites for hydroxylation is 1. The molecule has 1 aromatic carbocycles. The highest BCUT2D eigenvalue weighted by Crippen LogP contribution is 2.15. The Kier molecular flexibility index (Phi) is 3.74. The number of aromatic carboxylic acids is 1. The minimum atomic E-state index is -1.16. The molecular formula is C14H11FN2O3. The number of carboxylic acid groups (broad SMARTS) is 1. The average Bonchev–Trinajstić information content (AvgIpc) is 2.42. The molecule has 2 aromatic rings. The number of hydrogen-bond acceptors (Lipinski definition) is 3. The number of nitrogens with one attached hydrogen (secondary N) is 1. The summed E-state index contributed by atoms with van der Waals surface area (Å²) in [4.78, 5) is 26.4. The third kappa shape index (κ3) is 2.80. The van der Waals surface area contributed by atoms with E-state index in [2.05, 4.69) is 10.3 Å². The molecule has 1 aromatic heterocycles. The Morgan fingerprint density at radius 1 is 1.30 bits per heavy atom. The predicted molar refractivity (Wildman–Crippen MR) is 70.3 cm³/mol. The Morgan fingerprint density at radius 3 is 2.75 bits per heavy atom. The standard InChI is InChI=1S/C14H11FN2O3/c1-8-3-2-4-11(12(8)15)13(18)17-10-5-9(14(19)20)6-16-7-10/h2-7H,1H3,(H,17,18)(H,19,20). The second-order valence-corrected chi connectivity index (χ2v) is 4.16. The van der Waals surface area contributed by atoms with Gasteiger partial charge in [-0.25, -0.2) is 9.18 Å². The van der Waals surface area contributed by atoms with E-state index in [1.807, 2.05) is 0 Å². The third-order valence-electron chi connectivity index (χ3n) is 2.68. The van der Waals surface area contributed by atoms with Gasteiger partial charge in [0, 0.05) is 6.20 Å². The number of benzene rings is 1. The van der Waals surface area contributed by atoms with Gasteiger partial charge in [-0.1, -0.05) is 12.1 Å². The molecule has 0 atom stereocenters. The van der Waals surface area contributed by atoms with Crippen molar-refractivity contribution in [3.8, 4) is 0 Å². The first-order chi connectivity index (χ1) is 9.49. The minimum absolute atomic E-state index is 0.0625. The van der Waals surface area contributed by atoms with Crippen molar-refractivity contribution in [2.45, 2.75) is 6.92 Å². The van der Waals surface area contributed by atoms with E-state index in [-0.39, 0.29) is 16.8 Å². The van der Waals surface area contributed by atoms with Gasteiger partial charge in [-0.2, -0.15) is 0 Å². The Morgan fingerprint density at radius 2 is 2.05 bits per heavy atom. The fourth-order valence-corrected chi connectivity index (χ4v) is 1.65. The highest BCUT2D eigenvalue weighted by atomic mass is 19.1. The van der Waals surface area contributed by atoms with Gasteiger partial charge in [0.2, 0.25) is 0 Å². The van der Waals surface area contributed by atoms with Crippen LogP contribution in [0.2, 0.25) is 0 Å². The molecule has 0 saturated heterocycles. The highest BCUT2D eigenvalue weighted by Gasteiger charge is 2.14. The molecule has 1 amide bonds. The number of hydrogen-bond donors (Lipinski definition) is 2. The van der Waals surface area contributed by atoms with Gasteiger partial charge in [0.15, 0.2) is 0 Å². The number of carbonyl (C=O) groups excluding carboxylic acids is 1. The molecular weight excluding hydrogens is 263 g/mol. The molecule has 2 rings (SSSR count). The summed E-state index contributed by atoms with van der Waals surface area (Å²) in [6.07, 6.45) is 2.45. The Labute approximate surface area is 114 Å². The predicted octanol–water partition coefficient (Wildman–Crippen LogP) is 2.48. The van der Waals surface area contributed by atoms with Crippen LogP contribution >= 0.6 is 0 Å². The molecule has 5 nitrogen and oxygen atoms in total.